The van der Waals surface area contributed by atoms with Gasteiger partial charge in [0, 0.05) is 32.1 Å². The van der Waals surface area contributed by atoms with Gasteiger partial charge in [-0.25, -0.2) is 4.79 Å². The van der Waals surface area contributed by atoms with Gasteiger partial charge in [0.05, 0.1) is 12.6 Å². The van der Waals surface area contributed by atoms with Crippen molar-refractivity contribution in [3.05, 3.63) is 0 Å². The average molecular weight is 326 g/mol. The number of hydrogen-bond acceptors (Lipinski definition) is 3. The molecule has 0 aromatic heterocycles. The number of quaternary nitrogens is 1. The molecular formula is C17H32N3O3+. The number of amides is 2. The molecule has 6 nitrogen and oxygen atoms in total. The zero-order valence-corrected chi connectivity index (χ0v) is 14.8. The maximum atomic E-state index is 12.4. The third-order valence-electron chi connectivity index (χ3n) is 5.52. The Morgan fingerprint density at radius 2 is 1.74 bits per heavy atom. The maximum absolute atomic E-state index is 12.4. The molecule has 0 unspecified atom stereocenters. The van der Waals surface area contributed by atoms with E-state index < -0.39 is 0 Å². The molecule has 0 radical (unpaired) electrons. The summed E-state index contributed by atoms with van der Waals surface area (Å²) in [6, 6.07) is 0.573. The fourth-order valence-electron chi connectivity index (χ4n) is 3.69. The van der Waals surface area contributed by atoms with Gasteiger partial charge in [0.15, 0.2) is 6.54 Å². The Labute approximate surface area is 139 Å². The zero-order chi connectivity index (χ0) is 16.8. The third-order valence-corrected chi connectivity index (χ3v) is 5.52. The Morgan fingerprint density at radius 3 is 2.39 bits per heavy atom. The van der Waals surface area contributed by atoms with E-state index in [1.165, 1.54) is 19.3 Å². The van der Waals surface area contributed by atoms with E-state index in [1.54, 1.807) is 11.8 Å². The molecule has 1 saturated carbocycles. The van der Waals surface area contributed by atoms with Gasteiger partial charge in [-0.2, -0.15) is 0 Å². The number of carbonyl (C=O) groups excluding carboxylic acids is 2. The van der Waals surface area contributed by atoms with Crippen LogP contribution in [0.3, 0.4) is 0 Å². The largest absolute Gasteiger partial charge is 0.450 e. The predicted octanol–water partition coefficient (Wildman–Crippen LogP) is 0.675. The van der Waals surface area contributed by atoms with E-state index in [4.69, 9.17) is 4.74 Å². The summed E-state index contributed by atoms with van der Waals surface area (Å²) in [6.45, 7) is 9.73. The third kappa shape index (κ3) is 4.83. The van der Waals surface area contributed by atoms with Crippen molar-refractivity contribution in [2.24, 2.45) is 11.8 Å². The van der Waals surface area contributed by atoms with E-state index in [2.05, 4.69) is 19.2 Å². The van der Waals surface area contributed by atoms with Crippen molar-refractivity contribution in [1.29, 1.82) is 0 Å². The highest BCUT2D eigenvalue weighted by Gasteiger charge is 2.31. The van der Waals surface area contributed by atoms with Crippen LogP contribution in [-0.4, -0.2) is 67.2 Å². The van der Waals surface area contributed by atoms with Crippen molar-refractivity contribution < 1.29 is 19.6 Å². The first-order chi connectivity index (χ1) is 11.0. The lowest BCUT2D eigenvalue weighted by atomic mass is 9.78. The average Bonchev–Trinajstić information content (AvgIpc) is 2.56. The molecule has 1 saturated heterocycles. The molecule has 0 spiro atoms. The van der Waals surface area contributed by atoms with E-state index in [-0.39, 0.29) is 12.0 Å². The molecule has 3 atom stereocenters. The monoisotopic (exact) mass is 326 g/mol. The minimum absolute atomic E-state index is 0.193. The van der Waals surface area contributed by atoms with Crippen LogP contribution in [0.1, 0.15) is 40.0 Å². The number of rotatable bonds is 4. The molecule has 0 aromatic rings. The zero-order valence-electron chi connectivity index (χ0n) is 14.8. The Bertz CT molecular complexity index is 408. The standard InChI is InChI=1S/C17H31N3O3/c1-4-23-17(22)20-10-8-19(9-11-20)16(21)12-18-15-7-5-6-13(2)14(15)3/h13-15,18H,4-12H2,1-3H3/p+1/t13-,14-,15+/m0/s1. The molecular weight excluding hydrogens is 294 g/mol. The topological polar surface area (TPSA) is 66.5 Å². The lowest BCUT2D eigenvalue weighted by Gasteiger charge is -2.35. The number of piperazine rings is 1. The van der Waals surface area contributed by atoms with Crippen molar-refractivity contribution in [3.63, 3.8) is 0 Å². The molecule has 2 rings (SSSR count). The summed E-state index contributed by atoms with van der Waals surface area (Å²) in [4.78, 5) is 27.6. The normalized spacial score (nSPS) is 28.6. The minimum Gasteiger partial charge on any atom is -0.450 e. The Morgan fingerprint density at radius 1 is 1.09 bits per heavy atom. The summed E-state index contributed by atoms with van der Waals surface area (Å²) in [7, 11) is 0. The van der Waals surface area contributed by atoms with Crippen molar-refractivity contribution in [2.45, 2.75) is 46.1 Å². The molecule has 6 heteroatoms. The van der Waals surface area contributed by atoms with Crippen molar-refractivity contribution >= 4 is 12.0 Å². The van der Waals surface area contributed by atoms with Gasteiger partial charge in [-0.3, -0.25) is 4.79 Å². The Balaban J connectivity index is 1.72. The summed E-state index contributed by atoms with van der Waals surface area (Å²) in [5.74, 6) is 1.63. The highest BCUT2D eigenvalue weighted by Crippen LogP contribution is 2.27. The first-order valence-electron chi connectivity index (χ1n) is 9.05. The van der Waals surface area contributed by atoms with Gasteiger partial charge in [-0.05, 0) is 32.1 Å². The quantitative estimate of drug-likeness (QED) is 0.826. The second kappa shape index (κ2) is 8.52. The second-order valence-corrected chi connectivity index (χ2v) is 6.94. The number of ether oxygens (including phenoxy) is 1. The molecule has 2 fully saturated rings. The summed E-state index contributed by atoms with van der Waals surface area (Å²) in [5.41, 5.74) is 0. The van der Waals surface area contributed by atoms with Crippen LogP contribution in [0.25, 0.3) is 0 Å². The van der Waals surface area contributed by atoms with Gasteiger partial charge in [0.25, 0.3) is 5.91 Å². The number of carbonyl (C=O) groups is 2. The predicted molar refractivity (Wildman–Crippen MR) is 87.9 cm³/mol. The SMILES string of the molecule is CCOC(=O)N1CCN(C(=O)C[NH2+][C@@H]2CCC[C@H](C)[C@@H]2C)CC1. The fraction of sp³-hybridized carbons (Fsp3) is 0.882. The molecule has 2 N–H and O–H groups in total. The van der Waals surface area contributed by atoms with E-state index in [9.17, 15) is 9.59 Å². The van der Waals surface area contributed by atoms with Gasteiger partial charge < -0.3 is 19.9 Å². The minimum atomic E-state index is -0.267. The van der Waals surface area contributed by atoms with Crippen LogP contribution < -0.4 is 5.32 Å². The first kappa shape index (κ1) is 18.0. The van der Waals surface area contributed by atoms with Crippen LogP contribution in [0.15, 0.2) is 0 Å². The summed E-state index contributed by atoms with van der Waals surface area (Å²) in [5, 5.41) is 2.24. The summed E-state index contributed by atoms with van der Waals surface area (Å²) in [6.07, 6.45) is 3.54. The lowest BCUT2D eigenvalue weighted by Crippen LogP contribution is -2.93. The smallest absolute Gasteiger partial charge is 0.409 e. The highest BCUT2D eigenvalue weighted by atomic mass is 16.6. The van der Waals surface area contributed by atoms with E-state index >= 15 is 0 Å². The van der Waals surface area contributed by atoms with Gasteiger partial charge in [0.2, 0.25) is 0 Å². The summed E-state index contributed by atoms with van der Waals surface area (Å²) >= 11 is 0. The molecule has 1 heterocycles. The van der Waals surface area contributed by atoms with Crippen LogP contribution in [0.4, 0.5) is 4.79 Å². The van der Waals surface area contributed by atoms with E-state index in [1.807, 2.05) is 4.90 Å². The van der Waals surface area contributed by atoms with Gasteiger partial charge in [0.1, 0.15) is 0 Å². The van der Waals surface area contributed by atoms with Crippen molar-refractivity contribution in [3.8, 4) is 0 Å². The molecule has 1 aliphatic heterocycles. The molecule has 0 bridgehead atoms. The number of nitrogens with two attached hydrogens (primary N) is 1. The van der Waals surface area contributed by atoms with Crippen molar-refractivity contribution in [1.82, 2.24) is 9.80 Å². The first-order valence-corrected chi connectivity index (χ1v) is 9.05. The number of nitrogens with zero attached hydrogens (tertiary/aromatic N) is 2. The highest BCUT2D eigenvalue weighted by molar-refractivity contribution is 5.77. The summed E-state index contributed by atoms with van der Waals surface area (Å²) < 4.78 is 5.00. The Hall–Kier alpha value is -1.30. The fourth-order valence-corrected chi connectivity index (χ4v) is 3.69. The molecule has 2 amide bonds. The van der Waals surface area contributed by atoms with E-state index in [0.717, 1.165) is 5.92 Å². The van der Waals surface area contributed by atoms with Gasteiger partial charge in [-0.1, -0.05) is 13.8 Å². The van der Waals surface area contributed by atoms with Crippen LogP contribution in [0.2, 0.25) is 0 Å². The van der Waals surface area contributed by atoms with Crippen molar-refractivity contribution in [2.75, 3.05) is 39.3 Å². The van der Waals surface area contributed by atoms with Gasteiger partial charge >= 0.3 is 6.09 Å². The Kier molecular flexibility index (Phi) is 6.69. The molecule has 2 aliphatic rings. The second-order valence-electron chi connectivity index (χ2n) is 6.94. The lowest BCUT2D eigenvalue weighted by molar-refractivity contribution is -0.689. The molecule has 0 aromatic carbocycles. The van der Waals surface area contributed by atoms with Crippen LogP contribution in [-0.2, 0) is 9.53 Å². The molecule has 1 aliphatic carbocycles. The molecule has 132 valence electrons. The van der Waals surface area contributed by atoms with Crippen LogP contribution in [0, 0.1) is 11.8 Å². The number of hydrogen-bond donors (Lipinski definition) is 1. The molecule has 23 heavy (non-hydrogen) atoms. The van der Waals surface area contributed by atoms with E-state index in [0.29, 0.717) is 51.3 Å². The maximum Gasteiger partial charge on any atom is 0.409 e. The van der Waals surface area contributed by atoms with Crippen LogP contribution >= 0.6 is 0 Å². The van der Waals surface area contributed by atoms with Crippen LogP contribution in [0.5, 0.6) is 0 Å². The van der Waals surface area contributed by atoms with Gasteiger partial charge in [-0.15, -0.1) is 0 Å².